The third kappa shape index (κ3) is 2.08. The maximum atomic E-state index is 11.3. The molecule has 1 saturated heterocycles. The Morgan fingerprint density at radius 2 is 2.29 bits per heavy atom. The summed E-state index contributed by atoms with van der Waals surface area (Å²) in [5.41, 5.74) is 0. The zero-order valence-electron chi connectivity index (χ0n) is 8.79. The summed E-state index contributed by atoms with van der Waals surface area (Å²) in [6, 6.07) is 0. The van der Waals surface area contributed by atoms with E-state index in [1.54, 1.807) is 0 Å². The first kappa shape index (κ1) is 9.97. The number of fused-ring (bicyclic) bond motifs is 2. The normalized spacial score (nSPS) is 35.6. The van der Waals surface area contributed by atoms with E-state index in [4.69, 9.17) is 4.74 Å². The van der Waals surface area contributed by atoms with Gasteiger partial charge < -0.3 is 10.1 Å². The second-order valence-corrected chi connectivity index (χ2v) is 4.52. The maximum Gasteiger partial charge on any atom is 0.306 e. The van der Waals surface area contributed by atoms with Gasteiger partial charge in [-0.1, -0.05) is 0 Å². The number of carbonyl (C=O) groups is 1. The van der Waals surface area contributed by atoms with E-state index in [9.17, 15) is 4.79 Å². The van der Waals surface area contributed by atoms with E-state index in [1.165, 1.54) is 12.8 Å². The van der Waals surface area contributed by atoms with Crippen molar-refractivity contribution < 1.29 is 9.53 Å². The van der Waals surface area contributed by atoms with Crippen LogP contribution in [-0.2, 0) is 9.53 Å². The monoisotopic (exact) mass is 197 g/mol. The van der Waals surface area contributed by atoms with E-state index in [0.29, 0.717) is 18.9 Å². The summed E-state index contributed by atoms with van der Waals surface area (Å²) in [4.78, 5) is 11.3. The van der Waals surface area contributed by atoms with Crippen molar-refractivity contribution >= 4 is 5.97 Å². The Kier molecular flexibility index (Phi) is 3.06. The molecule has 80 valence electrons. The number of nitrogens with one attached hydrogen (secondary N) is 1. The van der Waals surface area contributed by atoms with Crippen LogP contribution in [0.15, 0.2) is 0 Å². The first-order chi connectivity index (χ1) is 6.79. The molecule has 1 N–H and O–H groups in total. The van der Waals surface area contributed by atoms with Crippen molar-refractivity contribution in [1.29, 1.82) is 0 Å². The number of ether oxygens (including phenoxy) is 1. The van der Waals surface area contributed by atoms with Gasteiger partial charge in [0.1, 0.15) is 0 Å². The van der Waals surface area contributed by atoms with Gasteiger partial charge in [-0.05, 0) is 50.6 Å². The molecule has 2 rings (SSSR count). The van der Waals surface area contributed by atoms with E-state index in [-0.39, 0.29) is 5.97 Å². The fourth-order valence-electron chi connectivity index (χ4n) is 2.91. The molecule has 0 spiro atoms. The minimum Gasteiger partial charge on any atom is -0.466 e. The molecule has 2 aliphatic rings. The lowest BCUT2D eigenvalue weighted by Crippen LogP contribution is -2.32. The Balaban J connectivity index is 1.83. The van der Waals surface area contributed by atoms with E-state index < -0.39 is 0 Å². The zero-order valence-corrected chi connectivity index (χ0v) is 8.79. The van der Waals surface area contributed by atoms with Gasteiger partial charge in [-0.3, -0.25) is 4.79 Å². The molecule has 0 radical (unpaired) electrons. The molecule has 3 nitrogen and oxygen atoms in total. The van der Waals surface area contributed by atoms with Gasteiger partial charge in [-0.2, -0.15) is 0 Å². The molecule has 3 heteroatoms. The fraction of sp³-hybridized carbons (Fsp3) is 0.909. The molecule has 1 saturated carbocycles. The summed E-state index contributed by atoms with van der Waals surface area (Å²) < 4.78 is 4.99. The minimum atomic E-state index is -0.00921. The van der Waals surface area contributed by atoms with Crippen LogP contribution in [0.4, 0.5) is 0 Å². The molecule has 0 aromatic heterocycles. The van der Waals surface area contributed by atoms with Crippen LogP contribution in [0.2, 0.25) is 0 Å². The van der Waals surface area contributed by atoms with Gasteiger partial charge in [-0.25, -0.2) is 0 Å². The summed E-state index contributed by atoms with van der Waals surface area (Å²) in [6.07, 6.45) is 3.17. The largest absolute Gasteiger partial charge is 0.466 e. The Morgan fingerprint density at radius 3 is 3.00 bits per heavy atom. The van der Waals surface area contributed by atoms with Crippen molar-refractivity contribution in [3.63, 3.8) is 0 Å². The SMILES string of the molecule is CCOC(=O)C[C@@H]1C[C@H]2CNC[C@@H]1C2. The second-order valence-electron chi connectivity index (χ2n) is 4.52. The van der Waals surface area contributed by atoms with Crippen molar-refractivity contribution in [2.45, 2.75) is 26.2 Å². The van der Waals surface area contributed by atoms with Crippen molar-refractivity contribution in [3.8, 4) is 0 Å². The van der Waals surface area contributed by atoms with Crippen molar-refractivity contribution in [1.82, 2.24) is 5.32 Å². The van der Waals surface area contributed by atoms with Gasteiger partial charge >= 0.3 is 5.97 Å². The van der Waals surface area contributed by atoms with Gasteiger partial charge in [0.15, 0.2) is 0 Å². The number of esters is 1. The molecule has 14 heavy (non-hydrogen) atoms. The van der Waals surface area contributed by atoms with E-state index >= 15 is 0 Å². The lowest BCUT2D eigenvalue weighted by atomic mass is 9.93. The van der Waals surface area contributed by atoms with Crippen LogP contribution in [0.3, 0.4) is 0 Å². The zero-order chi connectivity index (χ0) is 9.97. The molecule has 2 fully saturated rings. The summed E-state index contributed by atoms with van der Waals surface area (Å²) >= 11 is 0. The van der Waals surface area contributed by atoms with Crippen LogP contribution in [0, 0.1) is 17.8 Å². The highest BCUT2D eigenvalue weighted by molar-refractivity contribution is 5.69. The molecule has 1 aliphatic carbocycles. The van der Waals surface area contributed by atoms with Gasteiger partial charge in [0.05, 0.1) is 6.61 Å². The van der Waals surface area contributed by atoms with Crippen LogP contribution in [0.1, 0.15) is 26.2 Å². The molecular formula is C11H19NO2. The molecule has 3 atom stereocenters. The Labute approximate surface area is 85.2 Å². The minimum absolute atomic E-state index is 0.00921. The predicted octanol–water partition coefficient (Wildman–Crippen LogP) is 1.19. The third-order valence-corrected chi connectivity index (χ3v) is 3.51. The topological polar surface area (TPSA) is 38.3 Å². The first-order valence-electron chi connectivity index (χ1n) is 5.66. The average molecular weight is 197 g/mol. The second kappa shape index (κ2) is 4.30. The van der Waals surface area contributed by atoms with Gasteiger partial charge in [0.25, 0.3) is 0 Å². The van der Waals surface area contributed by atoms with Crippen LogP contribution in [0.25, 0.3) is 0 Å². The number of piperidine rings is 1. The highest BCUT2D eigenvalue weighted by atomic mass is 16.5. The predicted molar refractivity (Wildman–Crippen MR) is 53.8 cm³/mol. The van der Waals surface area contributed by atoms with E-state index in [0.717, 1.165) is 24.9 Å². The lowest BCUT2D eigenvalue weighted by molar-refractivity contribution is -0.144. The lowest BCUT2D eigenvalue weighted by Gasteiger charge is -2.21. The van der Waals surface area contributed by atoms with Gasteiger partial charge in [0, 0.05) is 6.42 Å². The third-order valence-electron chi connectivity index (χ3n) is 3.51. The van der Waals surface area contributed by atoms with Gasteiger partial charge in [-0.15, -0.1) is 0 Å². The first-order valence-corrected chi connectivity index (χ1v) is 5.66. The summed E-state index contributed by atoms with van der Waals surface area (Å²) in [5.74, 6) is 2.10. The standard InChI is InChI=1S/C11H19NO2/c1-2-14-11(13)5-9-3-8-4-10(9)7-12-6-8/h8-10,12H,2-7H2,1H3/t8-,9+,10+/m1/s1. The van der Waals surface area contributed by atoms with Crippen molar-refractivity contribution in [2.75, 3.05) is 19.7 Å². The van der Waals surface area contributed by atoms with E-state index in [2.05, 4.69) is 5.32 Å². The van der Waals surface area contributed by atoms with Crippen LogP contribution in [0.5, 0.6) is 0 Å². The number of carbonyl (C=O) groups excluding carboxylic acids is 1. The molecule has 1 aliphatic heterocycles. The highest BCUT2D eigenvalue weighted by Crippen LogP contribution is 2.40. The molecule has 0 aromatic carbocycles. The molecule has 0 unspecified atom stereocenters. The number of hydrogen-bond acceptors (Lipinski definition) is 3. The number of hydrogen-bond donors (Lipinski definition) is 1. The summed E-state index contributed by atoms with van der Waals surface area (Å²) in [5, 5.41) is 3.43. The van der Waals surface area contributed by atoms with Gasteiger partial charge in [0.2, 0.25) is 0 Å². The fourth-order valence-corrected chi connectivity index (χ4v) is 2.91. The average Bonchev–Trinajstić information content (AvgIpc) is 2.42. The van der Waals surface area contributed by atoms with Crippen LogP contribution < -0.4 is 5.32 Å². The molecular weight excluding hydrogens is 178 g/mol. The quantitative estimate of drug-likeness (QED) is 0.691. The van der Waals surface area contributed by atoms with Crippen LogP contribution >= 0.6 is 0 Å². The molecule has 0 amide bonds. The van der Waals surface area contributed by atoms with Crippen molar-refractivity contribution in [3.05, 3.63) is 0 Å². The maximum absolute atomic E-state index is 11.3. The van der Waals surface area contributed by atoms with Crippen LogP contribution in [-0.4, -0.2) is 25.7 Å². The Bertz CT molecular complexity index is 217. The molecule has 2 bridgehead atoms. The smallest absolute Gasteiger partial charge is 0.306 e. The molecule has 0 aromatic rings. The van der Waals surface area contributed by atoms with Crippen molar-refractivity contribution in [2.24, 2.45) is 17.8 Å². The Hall–Kier alpha value is -0.570. The Morgan fingerprint density at radius 1 is 1.43 bits per heavy atom. The summed E-state index contributed by atoms with van der Waals surface area (Å²) in [7, 11) is 0. The summed E-state index contributed by atoms with van der Waals surface area (Å²) in [6.45, 7) is 4.63. The highest BCUT2D eigenvalue weighted by Gasteiger charge is 2.37. The molecule has 1 heterocycles. The number of rotatable bonds is 3. The van der Waals surface area contributed by atoms with E-state index in [1.807, 2.05) is 6.92 Å².